The largest absolute Gasteiger partial charge is 0.494 e. The SMILES string of the molecule is C/C=C/C1CCC2CC(c3ccc(C(=O)Oc4ccc(OC)c(F)c4)cc3)CCC2C1. The molecule has 4 heteroatoms. The van der Waals surface area contributed by atoms with Gasteiger partial charge in [-0.15, -0.1) is 0 Å². The molecule has 0 amide bonds. The first-order valence-corrected chi connectivity index (χ1v) is 11.4. The van der Waals surface area contributed by atoms with Crippen LogP contribution < -0.4 is 9.47 Å². The van der Waals surface area contributed by atoms with Crippen LogP contribution >= 0.6 is 0 Å². The summed E-state index contributed by atoms with van der Waals surface area (Å²) in [6.45, 7) is 2.12. The predicted octanol–water partition coefficient (Wildman–Crippen LogP) is 6.93. The van der Waals surface area contributed by atoms with Crippen molar-refractivity contribution in [2.75, 3.05) is 7.11 Å². The Balaban J connectivity index is 1.36. The van der Waals surface area contributed by atoms with Gasteiger partial charge in [-0.2, -0.15) is 0 Å². The molecule has 4 atom stereocenters. The molecule has 3 nitrogen and oxygen atoms in total. The molecule has 0 N–H and O–H groups in total. The van der Waals surface area contributed by atoms with E-state index < -0.39 is 11.8 Å². The second-order valence-electron chi connectivity index (χ2n) is 8.94. The van der Waals surface area contributed by atoms with Crippen molar-refractivity contribution >= 4 is 5.97 Å². The summed E-state index contributed by atoms with van der Waals surface area (Å²) in [6.07, 6.45) is 12.4. The van der Waals surface area contributed by atoms with E-state index in [4.69, 9.17) is 9.47 Å². The van der Waals surface area contributed by atoms with Crippen LogP contribution in [0.15, 0.2) is 54.6 Å². The Bertz CT molecular complexity index is 934. The van der Waals surface area contributed by atoms with E-state index >= 15 is 0 Å². The molecule has 0 spiro atoms. The van der Waals surface area contributed by atoms with Crippen LogP contribution in [0.1, 0.15) is 67.3 Å². The molecular weight excluding hydrogens is 391 g/mol. The van der Waals surface area contributed by atoms with Crippen LogP contribution in [0.4, 0.5) is 4.39 Å². The Morgan fingerprint density at radius 3 is 2.45 bits per heavy atom. The van der Waals surface area contributed by atoms with Gasteiger partial charge in [0.1, 0.15) is 5.75 Å². The number of halogens is 1. The fraction of sp³-hybridized carbons (Fsp3) is 0.444. The molecule has 0 saturated heterocycles. The van der Waals surface area contributed by atoms with Gasteiger partial charge in [-0.3, -0.25) is 0 Å². The third-order valence-corrected chi connectivity index (χ3v) is 7.07. The molecule has 4 rings (SSSR count). The summed E-state index contributed by atoms with van der Waals surface area (Å²) in [6, 6.07) is 11.9. The lowest BCUT2D eigenvalue weighted by molar-refractivity contribution is 0.0734. The van der Waals surface area contributed by atoms with Gasteiger partial charge in [0.2, 0.25) is 0 Å². The lowest BCUT2D eigenvalue weighted by Gasteiger charge is -2.41. The maximum atomic E-state index is 13.8. The van der Waals surface area contributed by atoms with Gasteiger partial charge in [-0.1, -0.05) is 24.3 Å². The average Bonchev–Trinajstić information content (AvgIpc) is 2.79. The fourth-order valence-corrected chi connectivity index (χ4v) is 5.44. The molecule has 0 heterocycles. The van der Waals surface area contributed by atoms with Gasteiger partial charge in [0, 0.05) is 6.07 Å². The summed E-state index contributed by atoms with van der Waals surface area (Å²) >= 11 is 0. The summed E-state index contributed by atoms with van der Waals surface area (Å²) in [7, 11) is 1.40. The minimum absolute atomic E-state index is 0.120. The lowest BCUT2D eigenvalue weighted by atomic mass is 9.64. The van der Waals surface area contributed by atoms with Gasteiger partial charge in [0.15, 0.2) is 11.6 Å². The maximum absolute atomic E-state index is 13.8. The quantitative estimate of drug-likeness (QED) is 0.298. The van der Waals surface area contributed by atoms with Crippen molar-refractivity contribution in [1.82, 2.24) is 0 Å². The maximum Gasteiger partial charge on any atom is 0.343 e. The number of carbonyl (C=O) groups excluding carboxylic acids is 1. The Morgan fingerprint density at radius 2 is 1.74 bits per heavy atom. The molecular formula is C27H31FO3. The van der Waals surface area contributed by atoms with Crippen LogP contribution in [0.2, 0.25) is 0 Å². The Morgan fingerprint density at radius 1 is 1.00 bits per heavy atom. The van der Waals surface area contributed by atoms with Crippen LogP contribution in [-0.2, 0) is 0 Å². The Kier molecular flexibility index (Phi) is 6.74. The van der Waals surface area contributed by atoms with E-state index in [1.54, 1.807) is 0 Å². The van der Waals surface area contributed by atoms with Gasteiger partial charge >= 0.3 is 5.97 Å². The highest BCUT2D eigenvalue weighted by Gasteiger charge is 2.35. The van der Waals surface area contributed by atoms with Crippen LogP contribution in [0.5, 0.6) is 11.5 Å². The van der Waals surface area contributed by atoms with E-state index in [0.29, 0.717) is 11.5 Å². The Hall–Kier alpha value is -2.62. The minimum Gasteiger partial charge on any atom is -0.494 e. The number of carbonyl (C=O) groups is 1. The molecule has 2 aliphatic carbocycles. The summed E-state index contributed by atoms with van der Waals surface area (Å²) in [4.78, 5) is 12.5. The molecule has 2 aliphatic rings. The summed E-state index contributed by atoms with van der Waals surface area (Å²) in [5.41, 5.74) is 1.78. The van der Waals surface area contributed by atoms with Crippen LogP contribution in [-0.4, -0.2) is 13.1 Å². The highest BCUT2D eigenvalue weighted by Crippen LogP contribution is 2.47. The average molecular weight is 423 g/mol. The molecule has 2 aromatic rings. The zero-order chi connectivity index (χ0) is 21.8. The van der Waals surface area contributed by atoms with Crippen molar-refractivity contribution in [1.29, 1.82) is 0 Å². The fourth-order valence-electron chi connectivity index (χ4n) is 5.44. The summed E-state index contributed by atoms with van der Waals surface area (Å²) in [5.74, 6) is 2.28. The van der Waals surface area contributed by atoms with Crippen molar-refractivity contribution in [3.05, 3.63) is 71.6 Å². The molecule has 2 saturated carbocycles. The van der Waals surface area contributed by atoms with Crippen molar-refractivity contribution in [3.8, 4) is 11.5 Å². The first kappa shape index (κ1) is 21.6. The smallest absolute Gasteiger partial charge is 0.343 e. The van der Waals surface area contributed by atoms with E-state index in [9.17, 15) is 9.18 Å². The van der Waals surface area contributed by atoms with Crippen LogP contribution in [0.25, 0.3) is 0 Å². The summed E-state index contributed by atoms with van der Waals surface area (Å²) < 4.78 is 24.0. The highest BCUT2D eigenvalue weighted by atomic mass is 19.1. The molecule has 0 aliphatic heterocycles. The molecule has 0 aromatic heterocycles. The molecule has 31 heavy (non-hydrogen) atoms. The third-order valence-electron chi connectivity index (χ3n) is 7.07. The number of ether oxygens (including phenoxy) is 2. The number of rotatable bonds is 5. The number of fused-ring (bicyclic) bond motifs is 1. The first-order valence-electron chi connectivity index (χ1n) is 11.4. The van der Waals surface area contributed by atoms with Crippen molar-refractivity contribution in [2.45, 2.75) is 51.4 Å². The van der Waals surface area contributed by atoms with Gasteiger partial charge in [-0.05, 0) is 98.9 Å². The third kappa shape index (κ3) is 5.00. The number of hydrogen-bond donors (Lipinski definition) is 0. The molecule has 2 aromatic carbocycles. The minimum atomic E-state index is -0.557. The van der Waals surface area contributed by atoms with Crippen LogP contribution in [0.3, 0.4) is 0 Å². The monoisotopic (exact) mass is 422 g/mol. The van der Waals surface area contributed by atoms with E-state index in [1.807, 2.05) is 12.1 Å². The highest BCUT2D eigenvalue weighted by molar-refractivity contribution is 5.91. The molecule has 4 unspecified atom stereocenters. The number of benzene rings is 2. The first-order chi connectivity index (χ1) is 15.1. The van der Waals surface area contributed by atoms with Gasteiger partial charge < -0.3 is 9.47 Å². The number of methoxy groups -OCH3 is 1. The molecule has 0 radical (unpaired) electrons. The van der Waals surface area contributed by atoms with E-state index in [1.165, 1.54) is 63.3 Å². The van der Waals surface area contributed by atoms with E-state index in [2.05, 4.69) is 31.2 Å². The Labute approximate surface area is 184 Å². The van der Waals surface area contributed by atoms with E-state index in [0.717, 1.165) is 23.8 Å². The van der Waals surface area contributed by atoms with Gasteiger partial charge in [0.25, 0.3) is 0 Å². The van der Waals surface area contributed by atoms with Crippen molar-refractivity contribution in [2.24, 2.45) is 17.8 Å². The standard InChI is InChI=1S/C27H31FO3/c1-3-4-18-5-6-23-16-22(12-11-21(23)15-18)19-7-9-20(10-8-19)27(29)31-24-13-14-26(30-2)25(28)17-24/h3-4,7-10,13-14,17-18,21-23H,5-6,11-12,15-16H2,1-2H3/b4-3+. The zero-order valence-electron chi connectivity index (χ0n) is 18.4. The second kappa shape index (κ2) is 9.67. The normalized spacial score (nSPS) is 25.8. The number of hydrogen-bond acceptors (Lipinski definition) is 3. The lowest BCUT2D eigenvalue weighted by Crippen LogP contribution is -2.30. The zero-order valence-corrected chi connectivity index (χ0v) is 18.4. The number of allylic oxidation sites excluding steroid dienone is 2. The predicted molar refractivity (Wildman–Crippen MR) is 120 cm³/mol. The topological polar surface area (TPSA) is 35.5 Å². The van der Waals surface area contributed by atoms with E-state index in [-0.39, 0.29) is 11.5 Å². The van der Waals surface area contributed by atoms with Crippen molar-refractivity contribution in [3.63, 3.8) is 0 Å². The van der Waals surface area contributed by atoms with Crippen molar-refractivity contribution < 1.29 is 18.7 Å². The number of esters is 1. The van der Waals surface area contributed by atoms with Crippen LogP contribution in [0, 0.1) is 23.6 Å². The van der Waals surface area contributed by atoms with Gasteiger partial charge in [0.05, 0.1) is 12.7 Å². The van der Waals surface area contributed by atoms with Gasteiger partial charge in [-0.25, -0.2) is 9.18 Å². The second-order valence-corrected chi connectivity index (χ2v) is 8.94. The molecule has 164 valence electrons. The molecule has 0 bridgehead atoms. The summed E-state index contributed by atoms with van der Waals surface area (Å²) in [5, 5.41) is 0. The molecule has 2 fully saturated rings.